The van der Waals surface area contributed by atoms with Crippen LogP contribution < -0.4 is 10.4 Å². The molecule has 3 rings (SSSR count). The van der Waals surface area contributed by atoms with Gasteiger partial charge in [-0.1, -0.05) is 11.6 Å². The van der Waals surface area contributed by atoms with Gasteiger partial charge in [0.2, 0.25) is 0 Å². The highest BCUT2D eigenvalue weighted by Gasteiger charge is 2.22. The van der Waals surface area contributed by atoms with E-state index in [9.17, 15) is 0 Å². The van der Waals surface area contributed by atoms with Gasteiger partial charge in [-0.2, -0.15) is 0 Å². The molecule has 0 spiro atoms. The van der Waals surface area contributed by atoms with E-state index in [1.807, 2.05) is 30.3 Å². The summed E-state index contributed by atoms with van der Waals surface area (Å²) in [7, 11) is 3.62. The lowest BCUT2D eigenvalue weighted by atomic mass is 10.3. The molecule has 2 aromatic rings. The minimum Gasteiger partial charge on any atom is -0.275 e. The number of aliphatic imine (C=N–C) groups is 1. The lowest BCUT2D eigenvalue weighted by molar-refractivity contribution is 0.831. The number of fused-ring (bicyclic) bond motifs is 2. The van der Waals surface area contributed by atoms with Crippen molar-refractivity contribution in [3.05, 3.63) is 23.2 Å². The van der Waals surface area contributed by atoms with E-state index in [4.69, 9.17) is 11.6 Å². The van der Waals surface area contributed by atoms with Gasteiger partial charge in [0.25, 0.3) is 0 Å². The van der Waals surface area contributed by atoms with Crippen LogP contribution in [0.1, 0.15) is 0 Å². The second kappa shape index (κ2) is 4.29. The fourth-order valence-corrected chi connectivity index (χ4v) is 2.74. The maximum atomic E-state index is 5.97. The van der Waals surface area contributed by atoms with E-state index in [1.165, 1.54) is 11.8 Å². The van der Waals surface area contributed by atoms with Crippen LogP contribution in [-0.2, 0) is 0 Å². The number of benzene rings is 1. The first-order valence-corrected chi connectivity index (χ1v) is 6.49. The smallest absolute Gasteiger partial charge is 0.181 e. The lowest BCUT2D eigenvalue weighted by Gasteiger charge is -2.27. The first-order valence-electron chi connectivity index (χ1n) is 5.29. The third kappa shape index (κ3) is 1.87. The summed E-state index contributed by atoms with van der Waals surface area (Å²) in [6.45, 7) is 0. The quantitative estimate of drug-likeness (QED) is 0.802. The molecule has 0 saturated carbocycles. The van der Waals surface area contributed by atoms with Crippen LogP contribution in [0.3, 0.4) is 0 Å². The Morgan fingerprint density at radius 2 is 2.17 bits per heavy atom. The minimum absolute atomic E-state index is 0.661. The van der Waals surface area contributed by atoms with Gasteiger partial charge < -0.3 is 0 Å². The molecule has 18 heavy (non-hydrogen) atoms. The van der Waals surface area contributed by atoms with Crippen LogP contribution >= 0.6 is 23.4 Å². The number of hydrogen-bond acceptors (Lipinski definition) is 5. The second-order valence-corrected chi connectivity index (χ2v) is 5.20. The third-order valence-corrected chi connectivity index (χ3v) is 3.72. The molecule has 1 aromatic heterocycles. The highest BCUT2D eigenvalue weighted by molar-refractivity contribution is 8.14. The molecular weight excluding hydrogens is 270 g/mol. The SMILES string of the molecule is CN=C1NN(C)c2nc3ccc(Cl)cc3nc2S1. The fraction of sp³-hybridized carbons (Fsp3) is 0.182. The molecular formula is C11H10ClN5S. The van der Waals surface area contributed by atoms with Crippen molar-refractivity contribution in [2.24, 2.45) is 4.99 Å². The van der Waals surface area contributed by atoms with Crippen molar-refractivity contribution in [3.63, 3.8) is 0 Å². The minimum atomic E-state index is 0.661. The van der Waals surface area contributed by atoms with Crippen molar-refractivity contribution in [1.82, 2.24) is 15.4 Å². The van der Waals surface area contributed by atoms with Crippen LogP contribution in [-0.4, -0.2) is 29.2 Å². The molecule has 0 unspecified atom stereocenters. The van der Waals surface area contributed by atoms with Gasteiger partial charge >= 0.3 is 0 Å². The summed E-state index contributed by atoms with van der Waals surface area (Å²) >= 11 is 7.43. The molecule has 1 aromatic carbocycles. The monoisotopic (exact) mass is 279 g/mol. The highest BCUT2D eigenvalue weighted by Crippen LogP contribution is 2.32. The molecule has 7 heteroatoms. The number of halogens is 1. The predicted molar refractivity (Wildman–Crippen MR) is 75.3 cm³/mol. The van der Waals surface area contributed by atoms with Crippen LogP contribution in [0.5, 0.6) is 0 Å². The summed E-state index contributed by atoms with van der Waals surface area (Å²) in [6.07, 6.45) is 0. The Morgan fingerprint density at radius 1 is 1.33 bits per heavy atom. The molecule has 1 N–H and O–H groups in total. The lowest BCUT2D eigenvalue weighted by Crippen LogP contribution is -2.41. The normalized spacial score (nSPS) is 16.8. The second-order valence-electron chi connectivity index (χ2n) is 3.79. The Bertz CT molecular complexity index is 657. The number of rotatable bonds is 0. The van der Waals surface area contributed by atoms with E-state index in [1.54, 1.807) is 7.05 Å². The molecule has 5 nitrogen and oxygen atoms in total. The van der Waals surface area contributed by atoms with Gasteiger partial charge in [-0.3, -0.25) is 15.4 Å². The van der Waals surface area contributed by atoms with Gasteiger partial charge in [0, 0.05) is 19.1 Å². The first-order chi connectivity index (χ1) is 8.67. The number of nitrogens with zero attached hydrogens (tertiary/aromatic N) is 4. The summed E-state index contributed by atoms with van der Waals surface area (Å²) in [5, 5.41) is 4.09. The Morgan fingerprint density at radius 3 is 2.94 bits per heavy atom. The number of hydrogen-bond donors (Lipinski definition) is 1. The molecule has 92 valence electrons. The molecule has 0 fully saturated rings. The first kappa shape index (κ1) is 11.6. The van der Waals surface area contributed by atoms with Crippen molar-refractivity contribution < 1.29 is 0 Å². The summed E-state index contributed by atoms with van der Waals surface area (Å²) < 4.78 is 0. The average molecular weight is 280 g/mol. The molecule has 0 radical (unpaired) electrons. The van der Waals surface area contributed by atoms with Gasteiger partial charge in [0.1, 0.15) is 5.03 Å². The fourth-order valence-electron chi connectivity index (χ4n) is 1.70. The van der Waals surface area contributed by atoms with Crippen molar-refractivity contribution in [3.8, 4) is 0 Å². The van der Waals surface area contributed by atoms with Gasteiger partial charge in [0.15, 0.2) is 11.0 Å². The molecule has 0 atom stereocenters. The molecule has 2 heterocycles. The number of aromatic nitrogens is 2. The summed E-state index contributed by atoms with van der Waals surface area (Å²) in [5.41, 5.74) is 4.73. The zero-order valence-electron chi connectivity index (χ0n) is 9.81. The zero-order chi connectivity index (χ0) is 12.7. The maximum absolute atomic E-state index is 5.97. The molecule has 1 aliphatic heterocycles. The van der Waals surface area contributed by atoms with E-state index in [2.05, 4.69) is 20.4 Å². The Kier molecular flexibility index (Phi) is 2.76. The maximum Gasteiger partial charge on any atom is 0.181 e. The van der Waals surface area contributed by atoms with Crippen molar-refractivity contribution in [1.29, 1.82) is 0 Å². The molecule has 0 aliphatic carbocycles. The topological polar surface area (TPSA) is 53.4 Å². The van der Waals surface area contributed by atoms with Crippen molar-refractivity contribution >= 4 is 45.4 Å². The summed E-state index contributed by atoms with van der Waals surface area (Å²) in [6, 6.07) is 5.50. The van der Waals surface area contributed by atoms with Crippen LogP contribution in [0.25, 0.3) is 11.0 Å². The average Bonchev–Trinajstić information content (AvgIpc) is 2.36. The number of amidine groups is 1. The van der Waals surface area contributed by atoms with Crippen LogP contribution in [0.15, 0.2) is 28.2 Å². The largest absolute Gasteiger partial charge is 0.275 e. The van der Waals surface area contributed by atoms with Crippen LogP contribution in [0, 0.1) is 0 Å². The third-order valence-electron chi connectivity index (χ3n) is 2.55. The van der Waals surface area contributed by atoms with E-state index in [0.717, 1.165) is 27.0 Å². The van der Waals surface area contributed by atoms with Crippen molar-refractivity contribution in [2.75, 3.05) is 19.1 Å². The number of nitrogens with one attached hydrogen (secondary N) is 1. The zero-order valence-corrected chi connectivity index (χ0v) is 11.4. The molecule has 0 bridgehead atoms. The number of anilines is 1. The standard InChI is InChI=1S/C11H10ClN5S/c1-13-11-16-17(2)9-10(18-11)15-8-5-6(12)3-4-7(8)14-9/h3-5H,1-2H3,(H,13,16). The van der Waals surface area contributed by atoms with Crippen LogP contribution in [0.4, 0.5) is 5.82 Å². The Balaban J connectivity index is 2.21. The van der Waals surface area contributed by atoms with Gasteiger partial charge in [-0.05, 0) is 30.0 Å². The molecule has 0 amide bonds. The molecule has 0 saturated heterocycles. The number of thioether (sulfide) groups is 1. The van der Waals surface area contributed by atoms with E-state index < -0.39 is 0 Å². The van der Waals surface area contributed by atoms with Crippen molar-refractivity contribution in [2.45, 2.75) is 5.03 Å². The number of hydrazine groups is 1. The van der Waals surface area contributed by atoms with E-state index >= 15 is 0 Å². The van der Waals surface area contributed by atoms with Crippen LogP contribution in [0.2, 0.25) is 5.02 Å². The van der Waals surface area contributed by atoms with Gasteiger partial charge in [0.05, 0.1) is 11.0 Å². The van der Waals surface area contributed by atoms with Gasteiger partial charge in [-0.15, -0.1) is 0 Å². The highest BCUT2D eigenvalue weighted by atomic mass is 35.5. The summed E-state index contributed by atoms with van der Waals surface area (Å²) in [5.74, 6) is 0.794. The Hall–Kier alpha value is -1.53. The molecule has 1 aliphatic rings. The van der Waals surface area contributed by atoms with Gasteiger partial charge in [-0.25, -0.2) is 9.97 Å². The van der Waals surface area contributed by atoms with E-state index in [0.29, 0.717) is 5.02 Å². The Labute approximate surface area is 113 Å². The predicted octanol–water partition coefficient (Wildman–Crippen LogP) is 2.32. The summed E-state index contributed by atoms with van der Waals surface area (Å²) in [4.78, 5) is 13.3. The van der Waals surface area contributed by atoms with E-state index in [-0.39, 0.29) is 0 Å².